The summed E-state index contributed by atoms with van der Waals surface area (Å²) in [5.41, 5.74) is 2.12. The molecule has 0 N–H and O–H groups in total. The lowest BCUT2D eigenvalue weighted by Gasteiger charge is -2.22. The highest BCUT2D eigenvalue weighted by molar-refractivity contribution is 5.19. The van der Waals surface area contributed by atoms with E-state index in [1.165, 1.54) is 32.1 Å². The summed E-state index contributed by atoms with van der Waals surface area (Å²) in [6, 6.07) is 11.0. The summed E-state index contributed by atoms with van der Waals surface area (Å²) in [5, 5.41) is 0. The Balaban J connectivity index is 2.06. The van der Waals surface area contributed by atoms with Crippen LogP contribution in [0.25, 0.3) is 0 Å². The van der Waals surface area contributed by atoms with Crippen LogP contribution in [0.1, 0.15) is 57.4 Å². The maximum Gasteiger partial charge on any atom is -0.0162 e. The van der Waals surface area contributed by atoms with Gasteiger partial charge in [-0.05, 0) is 42.6 Å². The van der Waals surface area contributed by atoms with Gasteiger partial charge in [-0.25, -0.2) is 0 Å². The minimum atomic E-state index is 0.573. The van der Waals surface area contributed by atoms with E-state index < -0.39 is 0 Å². The Hall–Kier alpha value is -0.780. The Morgan fingerprint density at radius 1 is 1.00 bits per heavy atom. The summed E-state index contributed by atoms with van der Waals surface area (Å²) in [6.07, 6.45) is 6.93. The first-order valence-corrected chi connectivity index (χ1v) is 6.22. The van der Waals surface area contributed by atoms with Gasteiger partial charge in [0.25, 0.3) is 0 Å². The third-order valence-corrected chi connectivity index (χ3v) is 3.85. The van der Waals surface area contributed by atoms with Crippen LogP contribution in [0.2, 0.25) is 0 Å². The van der Waals surface area contributed by atoms with Crippen molar-refractivity contribution in [2.45, 2.75) is 51.9 Å². The zero-order valence-corrected chi connectivity index (χ0v) is 10.00. The van der Waals surface area contributed by atoms with Gasteiger partial charge in [0.15, 0.2) is 0 Å². The zero-order valence-electron chi connectivity index (χ0n) is 10.00. The fourth-order valence-corrected chi connectivity index (χ4v) is 2.72. The van der Waals surface area contributed by atoms with Gasteiger partial charge >= 0.3 is 0 Å². The molecule has 0 aromatic heterocycles. The summed E-state index contributed by atoms with van der Waals surface area (Å²) in [5.74, 6) is 0.813. The molecule has 1 aromatic carbocycles. The highest BCUT2D eigenvalue weighted by atomic mass is 14.3. The van der Waals surface area contributed by atoms with Crippen molar-refractivity contribution in [2.75, 3.05) is 0 Å². The van der Waals surface area contributed by atoms with Crippen molar-refractivity contribution in [1.29, 1.82) is 0 Å². The molecular formula is C15H22. The quantitative estimate of drug-likeness (QED) is 0.576. The minimum Gasteiger partial charge on any atom is -0.0622 e. The molecule has 1 aliphatic carbocycles. The lowest BCUT2D eigenvalue weighted by atomic mass is 9.84. The topological polar surface area (TPSA) is 0 Å². The highest BCUT2D eigenvalue weighted by Gasteiger charge is 2.24. The largest absolute Gasteiger partial charge is 0.0622 e. The van der Waals surface area contributed by atoms with Crippen LogP contribution in [0, 0.1) is 5.41 Å². The first-order valence-electron chi connectivity index (χ1n) is 6.22. The second-order valence-electron chi connectivity index (χ2n) is 5.70. The zero-order chi connectivity index (χ0) is 10.7. The van der Waals surface area contributed by atoms with Crippen LogP contribution in [-0.2, 0) is 0 Å². The molecule has 0 saturated heterocycles. The van der Waals surface area contributed by atoms with Gasteiger partial charge < -0.3 is 0 Å². The van der Waals surface area contributed by atoms with Crippen molar-refractivity contribution in [1.82, 2.24) is 0 Å². The van der Waals surface area contributed by atoms with Gasteiger partial charge in [0.05, 0.1) is 0 Å². The lowest BCUT2D eigenvalue weighted by molar-refractivity contribution is 0.313. The molecule has 0 bridgehead atoms. The third kappa shape index (κ3) is 2.84. The molecule has 0 spiro atoms. The predicted octanol–water partition coefficient (Wildman–Crippen LogP) is 4.76. The van der Waals surface area contributed by atoms with E-state index in [0.717, 1.165) is 5.92 Å². The van der Waals surface area contributed by atoms with Gasteiger partial charge in [-0.3, -0.25) is 0 Å². The molecule has 1 saturated carbocycles. The van der Waals surface area contributed by atoms with E-state index in [-0.39, 0.29) is 0 Å². The summed E-state index contributed by atoms with van der Waals surface area (Å²) >= 11 is 0. The fraction of sp³-hybridized carbons (Fsp3) is 0.600. The molecule has 0 nitrogen and oxygen atoms in total. The SMILES string of the molecule is CC1(C)CCCC(c2ccccc2)CC1. The molecule has 1 atom stereocenters. The average molecular weight is 202 g/mol. The summed E-state index contributed by atoms with van der Waals surface area (Å²) in [7, 11) is 0. The fourth-order valence-electron chi connectivity index (χ4n) is 2.72. The molecule has 0 amide bonds. The molecule has 1 unspecified atom stereocenters. The van der Waals surface area contributed by atoms with Gasteiger partial charge in [-0.2, -0.15) is 0 Å². The van der Waals surface area contributed by atoms with Gasteiger partial charge in [-0.15, -0.1) is 0 Å². The first kappa shape index (κ1) is 10.7. The maximum absolute atomic E-state index is 2.42. The van der Waals surface area contributed by atoms with Gasteiger partial charge in [-0.1, -0.05) is 50.6 Å². The highest BCUT2D eigenvalue weighted by Crippen LogP contribution is 2.39. The van der Waals surface area contributed by atoms with E-state index in [1.807, 2.05) is 0 Å². The van der Waals surface area contributed by atoms with Crippen LogP contribution in [0.3, 0.4) is 0 Å². The monoisotopic (exact) mass is 202 g/mol. The molecular weight excluding hydrogens is 180 g/mol. The van der Waals surface area contributed by atoms with Crippen LogP contribution in [0.15, 0.2) is 30.3 Å². The normalized spacial score (nSPS) is 25.9. The van der Waals surface area contributed by atoms with Crippen molar-refractivity contribution in [2.24, 2.45) is 5.41 Å². The molecule has 0 radical (unpaired) electrons. The van der Waals surface area contributed by atoms with Crippen molar-refractivity contribution in [3.8, 4) is 0 Å². The van der Waals surface area contributed by atoms with Gasteiger partial charge in [0.1, 0.15) is 0 Å². The second kappa shape index (κ2) is 4.38. The Morgan fingerprint density at radius 2 is 1.73 bits per heavy atom. The van der Waals surface area contributed by atoms with Crippen LogP contribution >= 0.6 is 0 Å². The van der Waals surface area contributed by atoms with Crippen LogP contribution < -0.4 is 0 Å². The molecule has 1 aromatic rings. The van der Waals surface area contributed by atoms with Gasteiger partial charge in [0, 0.05) is 0 Å². The summed E-state index contributed by atoms with van der Waals surface area (Å²) in [6.45, 7) is 4.83. The molecule has 2 rings (SSSR count). The summed E-state index contributed by atoms with van der Waals surface area (Å²) in [4.78, 5) is 0. The molecule has 0 heteroatoms. The lowest BCUT2D eigenvalue weighted by Crippen LogP contribution is -2.08. The Labute approximate surface area is 93.7 Å². The molecule has 0 heterocycles. The molecule has 15 heavy (non-hydrogen) atoms. The predicted molar refractivity (Wildman–Crippen MR) is 66.0 cm³/mol. The van der Waals surface area contributed by atoms with E-state index in [4.69, 9.17) is 0 Å². The van der Waals surface area contributed by atoms with Crippen molar-refractivity contribution >= 4 is 0 Å². The maximum atomic E-state index is 2.42. The van der Waals surface area contributed by atoms with E-state index in [9.17, 15) is 0 Å². The molecule has 0 aliphatic heterocycles. The third-order valence-electron chi connectivity index (χ3n) is 3.85. The van der Waals surface area contributed by atoms with Crippen molar-refractivity contribution < 1.29 is 0 Å². The first-order chi connectivity index (χ1) is 7.17. The van der Waals surface area contributed by atoms with Crippen molar-refractivity contribution in [3.05, 3.63) is 35.9 Å². The molecule has 1 fully saturated rings. The van der Waals surface area contributed by atoms with E-state index in [1.54, 1.807) is 5.56 Å². The minimum absolute atomic E-state index is 0.573. The number of rotatable bonds is 1. The molecule has 1 aliphatic rings. The van der Waals surface area contributed by atoms with Crippen LogP contribution in [0.5, 0.6) is 0 Å². The Morgan fingerprint density at radius 3 is 2.47 bits per heavy atom. The number of hydrogen-bond donors (Lipinski definition) is 0. The average Bonchev–Trinajstić information content (AvgIpc) is 2.41. The van der Waals surface area contributed by atoms with Gasteiger partial charge in [0.2, 0.25) is 0 Å². The standard InChI is InChI=1S/C15H22/c1-15(2)11-6-9-14(10-12-15)13-7-4-3-5-8-13/h3-5,7-8,14H,6,9-12H2,1-2H3. The smallest absolute Gasteiger partial charge is 0.0162 e. The Kier molecular flexibility index (Phi) is 3.14. The summed E-state index contributed by atoms with van der Waals surface area (Å²) < 4.78 is 0. The molecule has 82 valence electrons. The number of benzene rings is 1. The van der Waals surface area contributed by atoms with Crippen LogP contribution in [0.4, 0.5) is 0 Å². The van der Waals surface area contributed by atoms with E-state index >= 15 is 0 Å². The van der Waals surface area contributed by atoms with E-state index in [2.05, 4.69) is 44.2 Å². The second-order valence-corrected chi connectivity index (χ2v) is 5.70. The van der Waals surface area contributed by atoms with Crippen molar-refractivity contribution in [3.63, 3.8) is 0 Å². The Bertz CT molecular complexity index is 297. The van der Waals surface area contributed by atoms with Crippen LogP contribution in [-0.4, -0.2) is 0 Å². The number of hydrogen-bond acceptors (Lipinski definition) is 0. The van der Waals surface area contributed by atoms with E-state index in [0.29, 0.717) is 5.41 Å².